The Morgan fingerprint density at radius 3 is 2.46 bits per heavy atom. The van der Waals surface area contributed by atoms with Gasteiger partial charge >= 0.3 is 0 Å². The third-order valence-electron chi connectivity index (χ3n) is 3.11. The molecule has 0 atom stereocenters. The first-order valence-electron chi connectivity index (χ1n) is 6.78. The SMILES string of the molecule is O=C(NNC(=O)c1c[nH]c(=S)n1-c1ccccc1)c1ccc(Br)s1. The Labute approximate surface area is 154 Å². The number of halogens is 1. The highest BCUT2D eigenvalue weighted by Gasteiger charge is 2.16. The van der Waals surface area contributed by atoms with Gasteiger partial charge in [0.15, 0.2) is 4.77 Å². The number of carbonyl (C=O) groups excluding carboxylic acids is 2. The molecule has 0 saturated heterocycles. The van der Waals surface area contributed by atoms with Gasteiger partial charge in [-0.3, -0.25) is 25.0 Å². The molecule has 2 heterocycles. The minimum Gasteiger partial charge on any atom is -0.336 e. The number of benzene rings is 1. The monoisotopic (exact) mass is 422 g/mol. The predicted octanol–water partition coefficient (Wildman–Crippen LogP) is 3.43. The summed E-state index contributed by atoms with van der Waals surface area (Å²) >= 11 is 9.79. The molecule has 0 fully saturated rings. The van der Waals surface area contributed by atoms with Crippen molar-refractivity contribution in [2.75, 3.05) is 0 Å². The molecule has 2 amide bonds. The second-order valence-corrected chi connectivity index (χ2v) is 7.51. The van der Waals surface area contributed by atoms with Crippen LogP contribution in [0.15, 0.2) is 52.4 Å². The van der Waals surface area contributed by atoms with Crippen molar-refractivity contribution in [3.05, 3.63) is 67.8 Å². The topological polar surface area (TPSA) is 78.9 Å². The largest absolute Gasteiger partial charge is 0.336 e. The first-order chi connectivity index (χ1) is 11.6. The summed E-state index contributed by atoms with van der Waals surface area (Å²) in [7, 11) is 0. The van der Waals surface area contributed by atoms with Gasteiger partial charge in [-0.1, -0.05) is 18.2 Å². The van der Waals surface area contributed by atoms with E-state index in [0.29, 0.717) is 15.3 Å². The van der Waals surface area contributed by atoms with Gasteiger partial charge in [0.05, 0.1) is 8.66 Å². The molecule has 122 valence electrons. The van der Waals surface area contributed by atoms with Gasteiger partial charge in [0.25, 0.3) is 11.8 Å². The highest BCUT2D eigenvalue weighted by atomic mass is 79.9. The maximum absolute atomic E-state index is 12.4. The minimum atomic E-state index is -0.477. The molecule has 1 aromatic carbocycles. The summed E-state index contributed by atoms with van der Waals surface area (Å²) in [5.41, 5.74) is 5.83. The molecule has 3 aromatic rings. The average molecular weight is 423 g/mol. The normalized spacial score (nSPS) is 10.4. The molecule has 24 heavy (non-hydrogen) atoms. The van der Waals surface area contributed by atoms with Crippen LogP contribution in [-0.4, -0.2) is 21.4 Å². The van der Waals surface area contributed by atoms with Gasteiger partial charge in [0, 0.05) is 11.9 Å². The molecule has 0 aliphatic rings. The zero-order valence-electron chi connectivity index (χ0n) is 12.1. The fraction of sp³-hybridized carbons (Fsp3) is 0. The summed E-state index contributed by atoms with van der Waals surface area (Å²) < 4.78 is 2.82. The van der Waals surface area contributed by atoms with E-state index < -0.39 is 5.91 Å². The smallest absolute Gasteiger partial charge is 0.288 e. The molecular weight excluding hydrogens is 412 g/mol. The van der Waals surface area contributed by atoms with Crippen molar-refractivity contribution in [3.63, 3.8) is 0 Å². The van der Waals surface area contributed by atoms with Crippen molar-refractivity contribution < 1.29 is 9.59 Å². The number of nitrogens with one attached hydrogen (secondary N) is 3. The van der Waals surface area contributed by atoms with Crippen LogP contribution in [0.5, 0.6) is 0 Å². The van der Waals surface area contributed by atoms with Gasteiger partial charge in [-0.2, -0.15) is 0 Å². The number of carbonyl (C=O) groups is 2. The number of amides is 2. The van der Waals surface area contributed by atoms with Crippen LogP contribution in [0.3, 0.4) is 0 Å². The van der Waals surface area contributed by atoms with E-state index in [9.17, 15) is 9.59 Å². The second-order valence-electron chi connectivity index (χ2n) is 4.66. The van der Waals surface area contributed by atoms with Gasteiger partial charge in [-0.05, 0) is 52.4 Å². The Bertz CT molecular complexity index is 946. The molecule has 0 aliphatic carbocycles. The van der Waals surface area contributed by atoms with E-state index in [1.54, 1.807) is 16.7 Å². The fourth-order valence-electron chi connectivity index (χ4n) is 2.04. The van der Waals surface area contributed by atoms with Crippen molar-refractivity contribution in [2.45, 2.75) is 0 Å². The number of hydrazine groups is 1. The minimum absolute atomic E-state index is 0.291. The summed E-state index contributed by atoms with van der Waals surface area (Å²) in [5.74, 6) is -0.866. The van der Waals surface area contributed by atoms with Crippen LogP contribution in [0.25, 0.3) is 5.69 Å². The maximum atomic E-state index is 12.4. The molecule has 0 spiro atoms. The first kappa shape index (κ1) is 16.6. The molecule has 0 unspecified atom stereocenters. The predicted molar refractivity (Wildman–Crippen MR) is 97.9 cm³/mol. The number of para-hydroxylation sites is 1. The van der Waals surface area contributed by atoms with Crippen LogP contribution in [-0.2, 0) is 0 Å². The number of hydrogen-bond acceptors (Lipinski definition) is 4. The van der Waals surface area contributed by atoms with Crippen LogP contribution < -0.4 is 10.9 Å². The lowest BCUT2D eigenvalue weighted by Gasteiger charge is -2.09. The Hall–Kier alpha value is -2.23. The average Bonchev–Trinajstić information content (AvgIpc) is 3.19. The molecule has 0 aliphatic heterocycles. The molecule has 3 N–H and O–H groups in total. The third-order valence-corrected chi connectivity index (χ3v) is 5.03. The lowest BCUT2D eigenvalue weighted by molar-refractivity contribution is 0.0845. The van der Waals surface area contributed by atoms with Crippen LogP contribution in [0.4, 0.5) is 0 Å². The van der Waals surface area contributed by atoms with Crippen LogP contribution in [0, 0.1) is 4.77 Å². The Balaban J connectivity index is 1.77. The first-order valence-corrected chi connectivity index (χ1v) is 8.80. The summed E-state index contributed by atoms with van der Waals surface area (Å²) in [6.45, 7) is 0. The van der Waals surface area contributed by atoms with Gasteiger partial charge in [0.2, 0.25) is 0 Å². The molecule has 9 heteroatoms. The zero-order chi connectivity index (χ0) is 17.1. The van der Waals surface area contributed by atoms with E-state index in [1.165, 1.54) is 17.5 Å². The van der Waals surface area contributed by atoms with Gasteiger partial charge in [-0.25, -0.2) is 0 Å². The molecule has 0 bridgehead atoms. The fourth-order valence-corrected chi connectivity index (χ4v) is 3.59. The number of H-pyrrole nitrogens is 1. The highest BCUT2D eigenvalue weighted by molar-refractivity contribution is 9.11. The number of thiophene rings is 1. The number of rotatable bonds is 3. The number of aromatic nitrogens is 2. The number of hydrogen-bond donors (Lipinski definition) is 3. The van der Waals surface area contributed by atoms with Crippen molar-refractivity contribution in [1.29, 1.82) is 0 Å². The third kappa shape index (κ3) is 3.48. The van der Waals surface area contributed by atoms with E-state index in [2.05, 4.69) is 31.8 Å². The van der Waals surface area contributed by atoms with Gasteiger partial charge in [-0.15, -0.1) is 11.3 Å². The number of nitrogens with zero attached hydrogens (tertiary/aromatic N) is 1. The maximum Gasteiger partial charge on any atom is 0.288 e. The lowest BCUT2D eigenvalue weighted by atomic mass is 10.3. The highest BCUT2D eigenvalue weighted by Crippen LogP contribution is 2.21. The lowest BCUT2D eigenvalue weighted by Crippen LogP contribution is -2.42. The number of aromatic amines is 1. The van der Waals surface area contributed by atoms with E-state index in [1.807, 2.05) is 30.3 Å². The van der Waals surface area contributed by atoms with E-state index in [-0.39, 0.29) is 5.91 Å². The van der Waals surface area contributed by atoms with Crippen LogP contribution >= 0.6 is 39.5 Å². The van der Waals surface area contributed by atoms with Crippen molar-refractivity contribution >= 4 is 51.3 Å². The Morgan fingerprint density at radius 1 is 1.08 bits per heavy atom. The Kier molecular flexibility index (Phi) is 4.93. The summed E-state index contributed by atoms with van der Waals surface area (Å²) in [6, 6.07) is 12.7. The zero-order valence-corrected chi connectivity index (χ0v) is 15.3. The summed E-state index contributed by atoms with van der Waals surface area (Å²) in [5, 5.41) is 0. The van der Waals surface area contributed by atoms with E-state index in [0.717, 1.165) is 9.47 Å². The van der Waals surface area contributed by atoms with Crippen molar-refractivity contribution in [2.24, 2.45) is 0 Å². The standard InChI is InChI=1S/C15H11BrN4O2S2/c16-12-7-6-11(24-12)14(22)19-18-13(21)10-8-17-15(23)20(10)9-4-2-1-3-5-9/h1-8H,(H,17,23)(H,18,21)(H,19,22). The molecule has 3 rings (SSSR count). The quantitative estimate of drug-likeness (QED) is 0.446. The molecule has 6 nitrogen and oxygen atoms in total. The van der Waals surface area contributed by atoms with Gasteiger partial charge < -0.3 is 4.98 Å². The second kappa shape index (κ2) is 7.12. The molecular formula is C15H11BrN4O2S2. The molecule has 0 saturated carbocycles. The summed E-state index contributed by atoms with van der Waals surface area (Å²) in [4.78, 5) is 27.7. The molecule has 2 aromatic heterocycles. The molecule has 0 radical (unpaired) electrons. The Morgan fingerprint density at radius 2 is 1.79 bits per heavy atom. The van der Waals surface area contributed by atoms with Crippen molar-refractivity contribution in [1.82, 2.24) is 20.4 Å². The van der Waals surface area contributed by atoms with E-state index in [4.69, 9.17) is 12.2 Å². The van der Waals surface area contributed by atoms with Gasteiger partial charge in [0.1, 0.15) is 5.69 Å². The van der Waals surface area contributed by atoms with Crippen LogP contribution in [0.2, 0.25) is 0 Å². The van der Waals surface area contributed by atoms with E-state index >= 15 is 0 Å². The summed E-state index contributed by atoms with van der Waals surface area (Å²) in [6.07, 6.45) is 1.50. The number of imidazole rings is 1. The van der Waals surface area contributed by atoms with Crippen LogP contribution in [0.1, 0.15) is 20.2 Å². The van der Waals surface area contributed by atoms with Crippen molar-refractivity contribution in [3.8, 4) is 5.69 Å².